The molecular formula is C17H16FN3. The third-order valence-electron chi connectivity index (χ3n) is 3.47. The molecule has 0 unspecified atom stereocenters. The van der Waals surface area contributed by atoms with Crippen molar-refractivity contribution in [3.63, 3.8) is 0 Å². The molecule has 3 rings (SSSR count). The van der Waals surface area contributed by atoms with Crippen LogP contribution in [0, 0.1) is 12.9 Å². The molecule has 0 amide bonds. The van der Waals surface area contributed by atoms with Gasteiger partial charge >= 0.3 is 0 Å². The zero-order chi connectivity index (χ0) is 14.8. The number of H-pyrrole nitrogens is 1. The molecule has 21 heavy (non-hydrogen) atoms. The van der Waals surface area contributed by atoms with E-state index in [-0.39, 0.29) is 0 Å². The van der Waals surface area contributed by atoms with Crippen LogP contribution in [0.15, 0.2) is 43.0 Å². The number of hydrogen-bond donors (Lipinski definition) is 1. The highest BCUT2D eigenvalue weighted by molar-refractivity contribution is 5.90. The Balaban J connectivity index is 2.09. The fraction of sp³-hybridized carbons (Fsp3) is 0.176. The fourth-order valence-electron chi connectivity index (χ4n) is 2.36. The minimum atomic E-state index is -0.520. The maximum atomic E-state index is 13.7. The van der Waals surface area contributed by atoms with E-state index in [0.29, 0.717) is 16.7 Å². The number of aromatic amines is 1. The van der Waals surface area contributed by atoms with Crippen molar-refractivity contribution < 1.29 is 4.39 Å². The summed E-state index contributed by atoms with van der Waals surface area (Å²) < 4.78 is 13.7. The number of benzene rings is 1. The van der Waals surface area contributed by atoms with Gasteiger partial charge in [-0.25, -0.2) is 9.97 Å². The van der Waals surface area contributed by atoms with Crippen LogP contribution >= 0.6 is 0 Å². The van der Waals surface area contributed by atoms with Crippen molar-refractivity contribution in [3.8, 4) is 11.3 Å². The van der Waals surface area contributed by atoms with E-state index in [9.17, 15) is 4.39 Å². The summed E-state index contributed by atoms with van der Waals surface area (Å²) in [4.78, 5) is 11.7. The van der Waals surface area contributed by atoms with E-state index < -0.39 is 5.95 Å². The van der Waals surface area contributed by atoms with Crippen molar-refractivity contribution in [2.45, 2.75) is 19.8 Å². The largest absolute Gasteiger partial charge is 0.358 e. The van der Waals surface area contributed by atoms with Crippen molar-refractivity contribution in [1.29, 1.82) is 0 Å². The highest BCUT2D eigenvalue weighted by Gasteiger charge is 2.11. The normalized spacial score (nSPS) is 11.0. The van der Waals surface area contributed by atoms with E-state index in [1.54, 1.807) is 6.92 Å². The van der Waals surface area contributed by atoms with Gasteiger partial charge in [0.05, 0.1) is 11.2 Å². The van der Waals surface area contributed by atoms with E-state index in [1.165, 1.54) is 0 Å². The number of nitrogens with zero attached hydrogens (tertiary/aromatic N) is 2. The number of hydrogen-bond acceptors (Lipinski definition) is 2. The van der Waals surface area contributed by atoms with E-state index in [0.717, 1.165) is 29.8 Å². The molecule has 0 radical (unpaired) electrons. The second-order valence-corrected chi connectivity index (χ2v) is 5.00. The van der Waals surface area contributed by atoms with Gasteiger partial charge in [0.2, 0.25) is 5.95 Å². The predicted octanol–water partition coefficient (Wildman–Crippen LogP) is 4.19. The number of halogens is 1. The SMILES string of the molecule is C=CCCc1ccc(-c2cccc3nc(C)c(F)nc23)[nH]1. The lowest BCUT2D eigenvalue weighted by Crippen LogP contribution is -1.96. The maximum Gasteiger partial charge on any atom is 0.234 e. The van der Waals surface area contributed by atoms with Crippen LogP contribution in [0.3, 0.4) is 0 Å². The highest BCUT2D eigenvalue weighted by atomic mass is 19.1. The molecule has 0 spiro atoms. The number of para-hydroxylation sites is 1. The van der Waals surface area contributed by atoms with Gasteiger partial charge in [0.25, 0.3) is 0 Å². The first-order valence-corrected chi connectivity index (χ1v) is 6.91. The summed E-state index contributed by atoms with van der Waals surface area (Å²) in [6.45, 7) is 5.35. The summed E-state index contributed by atoms with van der Waals surface area (Å²) in [6, 6.07) is 9.71. The smallest absolute Gasteiger partial charge is 0.234 e. The summed E-state index contributed by atoms with van der Waals surface area (Å²) in [5.74, 6) is -0.520. The van der Waals surface area contributed by atoms with Crippen LogP contribution in [0.1, 0.15) is 17.8 Å². The Labute approximate surface area is 122 Å². The molecule has 0 saturated heterocycles. The average molecular weight is 281 g/mol. The Morgan fingerprint density at radius 3 is 2.90 bits per heavy atom. The summed E-state index contributed by atoms with van der Waals surface area (Å²) in [7, 11) is 0. The highest BCUT2D eigenvalue weighted by Crippen LogP contribution is 2.26. The number of aryl methyl sites for hydroxylation is 2. The Bertz CT molecular complexity index is 805. The molecular weight excluding hydrogens is 265 g/mol. The number of fused-ring (bicyclic) bond motifs is 1. The predicted molar refractivity (Wildman–Crippen MR) is 82.5 cm³/mol. The number of aromatic nitrogens is 3. The fourth-order valence-corrected chi connectivity index (χ4v) is 2.36. The van der Waals surface area contributed by atoms with Crippen LogP contribution in [0.25, 0.3) is 22.3 Å². The first-order chi connectivity index (χ1) is 10.2. The molecule has 2 heterocycles. The molecule has 0 aliphatic heterocycles. The lowest BCUT2D eigenvalue weighted by Gasteiger charge is -2.05. The molecule has 0 saturated carbocycles. The van der Waals surface area contributed by atoms with E-state index >= 15 is 0 Å². The third kappa shape index (κ3) is 2.57. The number of nitrogens with one attached hydrogen (secondary N) is 1. The van der Waals surface area contributed by atoms with Gasteiger partial charge in [0, 0.05) is 17.0 Å². The number of allylic oxidation sites excluding steroid dienone is 1. The van der Waals surface area contributed by atoms with Gasteiger partial charge in [-0.3, -0.25) is 0 Å². The number of rotatable bonds is 4. The second-order valence-electron chi connectivity index (χ2n) is 5.00. The van der Waals surface area contributed by atoms with Gasteiger partial charge in [-0.05, 0) is 38.0 Å². The van der Waals surface area contributed by atoms with Crippen LogP contribution in [0.2, 0.25) is 0 Å². The molecule has 0 fully saturated rings. The topological polar surface area (TPSA) is 41.6 Å². The minimum absolute atomic E-state index is 0.317. The first kappa shape index (κ1) is 13.5. The van der Waals surface area contributed by atoms with Gasteiger partial charge in [-0.2, -0.15) is 4.39 Å². The van der Waals surface area contributed by atoms with Crippen LogP contribution < -0.4 is 0 Å². The van der Waals surface area contributed by atoms with Gasteiger partial charge in [0.15, 0.2) is 0 Å². The Kier molecular flexibility index (Phi) is 3.52. The van der Waals surface area contributed by atoms with Crippen molar-refractivity contribution in [2.24, 2.45) is 0 Å². The van der Waals surface area contributed by atoms with Crippen LogP contribution in [-0.2, 0) is 6.42 Å². The standard InChI is InChI=1S/C17H16FN3/c1-3-4-6-12-9-10-14(20-12)13-7-5-8-15-16(13)21-17(18)11(2)19-15/h3,5,7-10,20H,1,4,6H2,2H3. The van der Waals surface area contributed by atoms with Crippen molar-refractivity contribution in [2.75, 3.05) is 0 Å². The molecule has 0 aliphatic carbocycles. The molecule has 2 aromatic heterocycles. The van der Waals surface area contributed by atoms with Gasteiger partial charge in [-0.1, -0.05) is 18.2 Å². The van der Waals surface area contributed by atoms with E-state index in [4.69, 9.17) is 0 Å². The zero-order valence-electron chi connectivity index (χ0n) is 11.9. The lowest BCUT2D eigenvalue weighted by atomic mass is 10.1. The van der Waals surface area contributed by atoms with Crippen LogP contribution in [0.5, 0.6) is 0 Å². The van der Waals surface area contributed by atoms with Gasteiger partial charge in [-0.15, -0.1) is 6.58 Å². The van der Waals surface area contributed by atoms with Crippen LogP contribution in [-0.4, -0.2) is 15.0 Å². The first-order valence-electron chi connectivity index (χ1n) is 6.91. The van der Waals surface area contributed by atoms with Crippen LogP contribution in [0.4, 0.5) is 4.39 Å². The monoisotopic (exact) mass is 281 g/mol. The minimum Gasteiger partial charge on any atom is -0.358 e. The Hall–Kier alpha value is -2.49. The van der Waals surface area contributed by atoms with E-state index in [1.807, 2.05) is 36.4 Å². The summed E-state index contributed by atoms with van der Waals surface area (Å²) >= 11 is 0. The molecule has 106 valence electrons. The van der Waals surface area contributed by atoms with Crippen molar-refractivity contribution in [1.82, 2.24) is 15.0 Å². The van der Waals surface area contributed by atoms with Crippen molar-refractivity contribution >= 4 is 11.0 Å². The average Bonchev–Trinajstić information content (AvgIpc) is 2.94. The summed E-state index contributed by atoms with van der Waals surface area (Å²) in [5, 5.41) is 0. The van der Waals surface area contributed by atoms with Gasteiger partial charge in [0.1, 0.15) is 5.52 Å². The molecule has 0 aliphatic rings. The van der Waals surface area contributed by atoms with Crippen molar-refractivity contribution in [3.05, 3.63) is 60.3 Å². The Morgan fingerprint density at radius 1 is 1.24 bits per heavy atom. The molecule has 0 atom stereocenters. The van der Waals surface area contributed by atoms with E-state index in [2.05, 4.69) is 21.5 Å². The molecule has 0 bridgehead atoms. The molecule has 1 aromatic carbocycles. The molecule has 4 heteroatoms. The maximum absolute atomic E-state index is 13.7. The second kappa shape index (κ2) is 5.48. The molecule has 3 aromatic rings. The summed E-state index contributed by atoms with van der Waals surface area (Å²) in [6.07, 6.45) is 3.72. The molecule has 3 nitrogen and oxygen atoms in total. The molecule has 1 N–H and O–H groups in total. The quantitative estimate of drug-likeness (QED) is 0.728. The van der Waals surface area contributed by atoms with Gasteiger partial charge < -0.3 is 4.98 Å². The third-order valence-corrected chi connectivity index (χ3v) is 3.47. The zero-order valence-corrected chi connectivity index (χ0v) is 11.9. The lowest BCUT2D eigenvalue weighted by molar-refractivity contribution is 0.572. The summed E-state index contributed by atoms with van der Waals surface area (Å²) in [5.41, 5.74) is 4.52. The Morgan fingerprint density at radius 2 is 2.10 bits per heavy atom.